The summed E-state index contributed by atoms with van der Waals surface area (Å²) in [7, 11) is 5.94. The van der Waals surface area contributed by atoms with Gasteiger partial charge in [-0.25, -0.2) is 0 Å². The van der Waals surface area contributed by atoms with Crippen LogP contribution < -0.4 is 29.7 Å². The highest BCUT2D eigenvalue weighted by Gasteiger charge is 2.32. The number of rotatable bonds is 6. The summed E-state index contributed by atoms with van der Waals surface area (Å²) >= 11 is 12.4. The molecule has 2 aromatic rings. The van der Waals surface area contributed by atoms with Crippen LogP contribution in [0.15, 0.2) is 23.0 Å². The fourth-order valence-corrected chi connectivity index (χ4v) is 4.35. The van der Waals surface area contributed by atoms with Gasteiger partial charge in [-0.1, -0.05) is 17.7 Å². The molecule has 0 saturated heterocycles. The first-order valence-corrected chi connectivity index (χ1v) is 10.4. The van der Waals surface area contributed by atoms with E-state index in [0.717, 1.165) is 5.56 Å². The molecular weight excluding hydrogens is 445 g/mol. The maximum absolute atomic E-state index is 12.7. The third-order valence-electron chi connectivity index (χ3n) is 5.26. The van der Waals surface area contributed by atoms with Crippen LogP contribution in [-0.2, 0) is 11.2 Å². The highest BCUT2D eigenvalue weighted by Crippen LogP contribution is 2.54. The summed E-state index contributed by atoms with van der Waals surface area (Å²) in [4.78, 5) is 24.8. The van der Waals surface area contributed by atoms with Gasteiger partial charge >= 0.3 is 0 Å². The second-order valence-corrected chi connectivity index (χ2v) is 7.48. The Kier molecular flexibility index (Phi) is 7.18. The molecule has 0 saturated carbocycles. The maximum atomic E-state index is 12.7. The van der Waals surface area contributed by atoms with E-state index in [1.807, 2.05) is 0 Å². The highest BCUT2D eigenvalue weighted by molar-refractivity contribution is 6.34. The Labute approximate surface area is 190 Å². The van der Waals surface area contributed by atoms with Gasteiger partial charge in [-0.2, -0.15) is 0 Å². The summed E-state index contributed by atoms with van der Waals surface area (Å²) in [5.74, 6) is 0.736. The number of ether oxygens (including phenoxy) is 4. The van der Waals surface area contributed by atoms with E-state index in [9.17, 15) is 9.59 Å². The summed E-state index contributed by atoms with van der Waals surface area (Å²) in [5, 5.41) is 3.28. The van der Waals surface area contributed by atoms with Gasteiger partial charge in [0.05, 0.1) is 39.5 Å². The number of carbonyl (C=O) groups excluding carboxylic acids is 1. The molecule has 0 heterocycles. The van der Waals surface area contributed by atoms with Crippen molar-refractivity contribution in [2.24, 2.45) is 0 Å². The summed E-state index contributed by atoms with van der Waals surface area (Å²) in [5.41, 5.74) is 2.38. The number of carbonyl (C=O) groups is 1. The SMILES string of the molecule is COc1c(Cl)c2c(c(OC)c1OC)-c1ccc(OC)c(=O)cc1[C@@H](NC(=O)CCl)CC2. The number of benzene rings is 1. The van der Waals surface area contributed by atoms with Crippen molar-refractivity contribution in [1.29, 1.82) is 0 Å². The quantitative estimate of drug-likeness (QED) is 0.651. The van der Waals surface area contributed by atoms with Crippen LogP contribution in [0, 0.1) is 0 Å². The molecule has 0 fully saturated rings. The molecular formula is C22H23Cl2NO6. The van der Waals surface area contributed by atoms with Gasteiger partial charge in [0.15, 0.2) is 17.2 Å². The number of amides is 1. The molecule has 3 rings (SSSR count). The van der Waals surface area contributed by atoms with Gasteiger partial charge in [0.25, 0.3) is 0 Å². The summed E-state index contributed by atoms with van der Waals surface area (Å²) in [6.07, 6.45) is 0.967. The molecule has 0 spiro atoms. The molecule has 7 nitrogen and oxygen atoms in total. The van der Waals surface area contributed by atoms with Crippen molar-refractivity contribution >= 4 is 29.1 Å². The van der Waals surface area contributed by atoms with Crippen molar-refractivity contribution in [1.82, 2.24) is 5.32 Å². The lowest BCUT2D eigenvalue weighted by molar-refractivity contribution is -0.119. The number of nitrogens with one attached hydrogen (secondary N) is 1. The van der Waals surface area contributed by atoms with Gasteiger partial charge < -0.3 is 24.3 Å². The number of alkyl halides is 1. The molecule has 1 N–H and O–H groups in total. The molecule has 1 atom stereocenters. The van der Waals surface area contributed by atoms with Crippen molar-refractivity contribution in [3.05, 3.63) is 44.6 Å². The van der Waals surface area contributed by atoms with E-state index in [2.05, 4.69) is 5.32 Å². The van der Waals surface area contributed by atoms with Gasteiger partial charge in [0.2, 0.25) is 17.1 Å². The van der Waals surface area contributed by atoms with E-state index in [1.165, 1.54) is 34.5 Å². The molecule has 0 aromatic heterocycles. The molecule has 31 heavy (non-hydrogen) atoms. The van der Waals surface area contributed by atoms with Crippen LogP contribution in [0.5, 0.6) is 23.0 Å². The highest BCUT2D eigenvalue weighted by atomic mass is 35.5. The van der Waals surface area contributed by atoms with Gasteiger partial charge in [-0.15, -0.1) is 11.6 Å². The lowest BCUT2D eigenvalue weighted by Crippen LogP contribution is -2.29. The number of hydrogen-bond acceptors (Lipinski definition) is 6. The van der Waals surface area contributed by atoms with Crippen LogP contribution >= 0.6 is 23.2 Å². The first-order valence-electron chi connectivity index (χ1n) is 9.49. The average molecular weight is 468 g/mol. The van der Waals surface area contributed by atoms with Crippen LogP contribution in [0.1, 0.15) is 23.6 Å². The number of halogens is 2. The van der Waals surface area contributed by atoms with Crippen LogP contribution in [0.3, 0.4) is 0 Å². The van der Waals surface area contributed by atoms with E-state index >= 15 is 0 Å². The minimum Gasteiger partial charge on any atom is -0.493 e. The molecule has 0 bridgehead atoms. The molecule has 1 aliphatic rings. The standard InChI is InChI=1S/C22H23Cl2NO6/c1-28-16-8-6-11-13(9-15(16)26)14(25-17(27)10-23)7-5-12-18(11)20(29-2)22(31-4)21(30-3)19(12)24/h6,8-9,14H,5,7,10H2,1-4H3,(H,25,27)/t14-/m0/s1. The number of fused-ring (bicyclic) bond motifs is 3. The van der Waals surface area contributed by atoms with Crippen molar-refractivity contribution in [2.75, 3.05) is 34.3 Å². The monoisotopic (exact) mass is 467 g/mol. The predicted molar refractivity (Wildman–Crippen MR) is 119 cm³/mol. The summed E-state index contributed by atoms with van der Waals surface area (Å²) in [6.45, 7) is 0. The van der Waals surface area contributed by atoms with Crippen molar-refractivity contribution in [3.63, 3.8) is 0 Å². The molecule has 0 aliphatic heterocycles. The molecule has 2 aromatic carbocycles. The van der Waals surface area contributed by atoms with E-state index < -0.39 is 6.04 Å². The zero-order valence-electron chi connectivity index (χ0n) is 17.6. The van der Waals surface area contributed by atoms with Gasteiger partial charge in [-0.05, 0) is 41.7 Å². The third kappa shape index (κ3) is 4.12. The molecule has 1 aliphatic carbocycles. The zero-order chi connectivity index (χ0) is 22.7. The van der Waals surface area contributed by atoms with E-state index in [1.54, 1.807) is 12.1 Å². The number of methoxy groups -OCH3 is 4. The van der Waals surface area contributed by atoms with Crippen LogP contribution in [0.4, 0.5) is 0 Å². The van der Waals surface area contributed by atoms with E-state index in [-0.39, 0.29) is 23.0 Å². The van der Waals surface area contributed by atoms with Gasteiger partial charge in [0, 0.05) is 5.56 Å². The minimum atomic E-state index is -0.476. The first-order chi connectivity index (χ1) is 14.9. The Balaban J connectivity index is 2.44. The van der Waals surface area contributed by atoms with Crippen molar-refractivity contribution < 1.29 is 23.7 Å². The Bertz CT molecular complexity index is 1070. The maximum Gasteiger partial charge on any atom is 0.235 e. The van der Waals surface area contributed by atoms with Gasteiger partial charge in [-0.3, -0.25) is 9.59 Å². The van der Waals surface area contributed by atoms with Gasteiger partial charge in [0.1, 0.15) is 5.88 Å². The fraction of sp³-hybridized carbons (Fsp3) is 0.364. The predicted octanol–water partition coefficient (Wildman–Crippen LogP) is 3.74. The lowest BCUT2D eigenvalue weighted by Gasteiger charge is -2.21. The van der Waals surface area contributed by atoms with Crippen molar-refractivity contribution in [2.45, 2.75) is 18.9 Å². The lowest BCUT2D eigenvalue weighted by atomic mass is 9.95. The van der Waals surface area contributed by atoms with Crippen LogP contribution in [0.2, 0.25) is 5.02 Å². The molecule has 0 unspecified atom stereocenters. The zero-order valence-corrected chi connectivity index (χ0v) is 19.1. The van der Waals surface area contributed by atoms with E-state index in [0.29, 0.717) is 51.8 Å². The Hall–Kier alpha value is -2.64. The normalized spacial score (nSPS) is 14.6. The Morgan fingerprint density at radius 2 is 1.74 bits per heavy atom. The molecule has 1 amide bonds. The van der Waals surface area contributed by atoms with Crippen LogP contribution in [0.25, 0.3) is 11.1 Å². The topological polar surface area (TPSA) is 83.1 Å². The van der Waals surface area contributed by atoms with E-state index in [4.69, 9.17) is 42.1 Å². The second-order valence-electron chi connectivity index (χ2n) is 6.84. The molecule has 0 radical (unpaired) electrons. The Morgan fingerprint density at radius 3 is 2.32 bits per heavy atom. The fourth-order valence-electron chi connectivity index (χ4n) is 3.92. The van der Waals surface area contributed by atoms with Crippen LogP contribution in [-0.4, -0.2) is 40.2 Å². The smallest absolute Gasteiger partial charge is 0.235 e. The summed E-state index contributed by atoms with van der Waals surface area (Å²) < 4.78 is 22.0. The summed E-state index contributed by atoms with van der Waals surface area (Å²) in [6, 6.07) is 4.33. The first kappa shape index (κ1) is 23.0. The average Bonchev–Trinajstić information content (AvgIpc) is 3.02. The van der Waals surface area contributed by atoms with Crippen molar-refractivity contribution in [3.8, 4) is 34.1 Å². The Morgan fingerprint density at radius 1 is 1.06 bits per heavy atom. The minimum absolute atomic E-state index is 0.169. The second kappa shape index (κ2) is 9.66. The number of hydrogen-bond donors (Lipinski definition) is 1. The molecule has 166 valence electrons. The largest absolute Gasteiger partial charge is 0.493 e. The molecule has 9 heteroatoms. The third-order valence-corrected chi connectivity index (χ3v) is 5.91.